The van der Waals surface area contributed by atoms with Gasteiger partial charge in [-0.1, -0.05) is 32.9 Å². The molecule has 7 nitrogen and oxygen atoms in total. The summed E-state index contributed by atoms with van der Waals surface area (Å²) in [5, 5.41) is 5.32. The van der Waals surface area contributed by atoms with Gasteiger partial charge in [-0.25, -0.2) is 0 Å². The van der Waals surface area contributed by atoms with Gasteiger partial charge in [0, 0.05) is 17.3 Å². The van der Waals surface area contributed by atoms with Crippen molar-refractivity contribution in [3.8, 4) is 5.75 Å². The maximum absolute atomic E-state index is 13.0. The molecule has 2 aromatic carbocycles. The molecule has 0 unspecified atom stereocenters. The Morgan fingerprint density at radius 2 is 1.59 bits per heavy atom. The number of rotatable bonds is 8. The van der Waals surface area contributed by atoms with Gasteiger partial charge in [-0.05, 0) is 60.2 Å². The molecular formula is C25H31N3O4. The van der Waals surface area contributed by atoms with Gasteiger partial charge < -0.3 is 20.3 Å². The lowest BCUT2D eigenvalue weighted by molar-refractivity contribution is -0.124. The molecule has 0 atom stereocenters. The summed E-state index contributed by atoms with van der Waals surface area (Å²) in [7, 11) is 1.57. The summed E-state index contributed by atoms with van der Waals surface area (Å²) in [6.07, 6.45) is 1.77. The molecule has 0 aromatic heterocycles. The van der Waals surface area contributed by atoms with E-state index in [-0.39, 0.29) is 42.3 Å². The quantitative estimate of drug-likeness (QED) is 0.663. The Kier molecular flexibility index (Phi) is 7.18. The van der Waals surface area contributed by atoms with Crippen LogP contribution in [-0.4, -0.2) is 48.9 Å². The van der Waals surface area contributed by atoms with E-state index in [1.54, 1.807) is 36.3 Å². The topological polar surface area (TPSA) is 87.7 Å². The minimum atomic E-state index is -0.360. The van der Waals surface area contributed by atoms with Gasteiger partial charge in [-0.15, -0.1) is 0 Å². The van der Waals surface area contributed by atoms with Crippen molar-refractivity contribution in [2.24, 2.45) is 0 Å². The number of carbonyl (C=O) groups excluding carboxylic acids is 3. The van der Waals surface area contributed by atoms with E-state index >= 15 is 0 Å². The van der Waals surface area contributed by atoms with E-state index < -0.39 is 0 Å². The second-order valence-corrected chi connectivity index (χ2v) is 9.04. The molecule has 3 amide bonds. The predicted molar refractivity (Wildman–Crippen MR) is 124 cm³/mol. The van der Waals surface area contributed by atoms with Crippen molar-refractivity contribution in [1.29, 1.82) is 0 Å². The molecule has 7 heteroatoms. The van der Waals surface area contributed by atoms with Crippen LogP contribution in [-0.2, 0) is 15.0 Å². The number of carbonyl (C=O) groups is 3. The number of anilines is 1. The molecule has 0 bridgehead atoms. The van der Waals surface area contributed by atoms with E-state index in [9.17, 15) is 14.4 Å². The molecule has 170 valence electrons. The number of nitrogens with one attached hydrogen (secondary N) is 2. The highest BCUT2D eigenvalue weighted by Gasteiger charge is 2.34. The van der Waals surface area contributed by atoms with Gasteiger partial charge >= 0.3 is 0 Å². The largest absolute Gasteiger partial charge is 0.497 e. The van der Waals surface area contributed by atoms with Crippen molar-refractivity contribution in [2.45, 2.75) is 45.1 Å². The third-order valence-electron chi connectivity index (χ3n) is 5.38. The fourth-order valence-corrected chi connectivity index (χ4v) is 3.30. The molecule has 3 rings (SSSR count). The summed E-state index contributed by atoms with van der Waals surface area (Å²) in [5.74, 6) is -0.174. The van der Waals surface area contributed by atoms with E-state index in [0.717, 1.165) is 18.4 Å². The van der Waals surface area contributed by atoms with Crippen LogP contribution in [0.4, 0.5) is 5.69 Å². The van der Waals surface area contributed by atoms with Gasteiger partial charge in [-0.2, -0.15) is 0 Å². The zero-order chi connectivity index (χ0) is 23.3. The fraction of sp³-hybridized carbons (Fsp3) is 0.400. The first-order valence-electron chi connectivity index (χ1n) is 10.8. The van der Waals surface area contributed by atoms with Gasteiger partial charge in [-0.3, -0.25) is 14.4 Å². The van der Waals surface area contributed by atoms with Crippen LogP contribution in [0.3, 0.4) is 0 Å². The van der Waals surface area contributed by atoms with Crippen LogP contribution in [0.2, 0.25) is 0 Å². The monoisotopic (exact) mass is 437 g/mol. The predicted octanol–water partition coefficient (Wildman–Crippen LogP) is 3.35. The number of hydrogen-bond donors (Lipinski definition) is 2. The molecule has 32 heavy (non-hydrogen) atoms. The van der Waals surface area contributed by atoms with Gasteiger partial charge in [0.25, 0.3) is 5.91 Å². The highest BCUT2D eigenvalue weighted by molar-refractivity contribution is 5.98. The number of ether oxygens (including phenoxy) is 1. The highest BCUT2D eigenvalue weighted by atomic mass is 16.5. The Balaban J connectivity index is 1.53. The van der Waals surface area contributed by atoms with Crippen molar-refractivity contribution >= 4 is 23.4 Å². The molecule has 0 spiro atoms. The Hall–Kier alpha value is -3.35. The van der Waals surface area contributed by atoms with Gasteiger partial charge in [0.05, 0.1) is 13.7 Å². The lowest BCUT2D eigenvalue weighted by atomic mass is 9.86. The number of methoxy groups -OCH3 is 1. The van der Waals surface area contributed by atoms with Gasteiger partial charge in [0.2, 0.25) is 11.8 Å². The van der Waals surface area contributed by atoms with E-state index in [2.05, 4.69) is 31.4 Å². The zero-order valence-corrected chi connectivity index (χ0v) is 19.1. The lowest BCUT2D eigenvalue weighted by Gasteiger charge is -2.23. The van der Waals surface area contributed by atoms with E-state index in [1.807, 2.05) is 24.3 Å². The van der Waals surface area contributed by atoms with Crippen molar-refractivity contribution in [3.63, 3.8) is 0 Å². The normalized spacial score (nSPS) is 13.2. The molecule has 0 heterocycles. The molecule has 1 saturated carbocycles. The molecule has 2 aromatic rings. The first kappa shape index (κ1) is 23.3. The minimum absolute atomic E-state index is 0.00400. The Bertz CT molecular complexity index is 958. The third kappa shape index (κ3) is 6.33. The summed E-state index contributed by atoms with van der Waals surface area (Å²) in [4.78, 5) is 39.2. The maximum Gasteiger partial charge on any atom is 0.254 e. The zero-order valence-electron chi connectivity index (χ0n) is 19.1. The molecule has 1 fully saturated rings. The number of hydrogen-bond acceptors (Lipinski definition) is 4. The van der Waals surface area contributed by atoms with E-state index in [0.29, 0.717) is 17.0 Å². The van der Waals surface area contributed by atoms with E-state index in [4.69, 9.17) is 4.74 Å². The fourth-order valence-electron chi connectivity index (χ4n) is 3.30. The van der Waals surface area contributed by atoms with Crippen LogP contribution < -0.4 is 15.4 Å². The molecular weight excluding hydrogens is 406 g/mol. The molecule has 1 aliphatic rings. The standard InChI is InChI=1S/C25H31N3O4/c1-25(2,3)18-7-5-17(6-8-18)24(31)28(20-11-12-20)16-23(30)26-15-22(29)27-19-9-13-21(32-4)14-10-19/h5-10,13-14,20H,11-12,15-16H2,1-4H3,(H,26,30)(H,27,29). The number of amides is 3. The summed E-state index contributed by atoms with van der Waals surface area (Å²) >= 11 is 0. The van der Waals surface area contributed by atoms with Gasteiger partial charge in [0.1, 0.15) is 12.3 Å². The van der Waals surface area contributed by atoms with Gasteiger partial charge in [0.15, 0.2) is 0 Å². The summed E-state index contributed by atoms with van der Waals surface area (Å²) in [6.45, 7) is 6.12. The van der Waals surface area contributed by atoms with Crippen molar-refractivity contribution in [1.82, 2.24) is 10.2 Å². The van der Waals surface area contributed by atoms with Crippen LogP contribution in [0, 0.1) is 0 Å². The molecule has 0 radical (unpaired) electrons. The van der Waals surface area contributed by atoms with Crippen molar-refractivity contribution in [3.05, 3.63) is 59.7 Å². The van der Waals surface area contributed by atoms with Crippen LogP contribution in [0.15, 0.2) is 48.5 Å². The summed E-state index contributed by atoms with van der Waals surface area (Å²) < 4.78 is 5.08. The Morgan fingerprint density at radius 1 is 0.969 bits per heavy atom. The average Bonchev–Trinajstić information content (AvgIpc) is 3.61. The van der Waals surface area contributed by atoms with Crippen LogP contribution in [0.5, 0.6) is 5.75 Å². The van der Waals surface area contributed by atoms with Crippen molar-refractivity contribution < 1.29 is 19.1 Å². The summed E-state index contributed by atoms with van der Waals surface area (Å²) in [5.41, 5.74) is 2.32. The lowest BCUT2D eigenvalue weighted by Crippen LogP contribution is -2.43. The molecule has 1 aliphatic carbocycles. The number of nitrogens with zero attached hydrogens (tertiary/aromatic N) is 1. The number of benzene rings is 2. The average molecular weight is 438 g/mol. The highest BCUT2D eigenvalue weighted by Crippen LogP contribution is 2.29. The van der Waals surface area contributed by atoms with E-state index in [1.165, 1.54) is 0 Å². The Morgan fingerprint density at radius 3 is 2.12 bits per heavy atom. The van der Waals surface area contributed by atoms with Crippen LogP contribution >= 0.6 is 0 Å². The summed E-state index contributed by atoms with van der Waals surface area (Å²) in [6, 6.07) is 14.5. The molecule has 2 N–H and O–H groups in total. The molecule has 0 aliphatic heterocycles. The van der Waals surface area contributed by atoms with Crippen LogP contribution in [0.25, 0.3) is 0 Å². The smallest absolute Gasteiger partial charge is 0.254 e. The SMILES string of the molecule is COc1ccc(NC(=O)CNC(=O)CN(C(=O)c2ccc(C(C)(C)C)cc2)C2CC2)cc1. The molecule has 0 saturated heterocycles. The first-order valence-corrected chi connectivity index (χ1v) is 10.8. The Labute approximate surface area is 189 Å². The first-order chi connectivity index (χ1) is 15.2. The van der Waals surface area contributed by atoms with Crippen LogP contribution in [0.1, 0.15) is 49.5 Å². The second kappa shape index (κ2) is 9.85. The second-order valence-electron chi connectivity index (χ2n) is 9.04. The minimum Gasteiger partial charge on any atom is -0.497 e. The van der Waals surface area contributed by atoms with Crippen molar-refractivity contribution in [2.75, 3.05) is 25.5 Å². The maximum atomic E-state index is 13.0. The third-order valence-corrected chi connectivity index (χ3v) is 5.38.